The predicted molar refractivity (Wildman–Crippen MR) is 102 cm³/mol. The lowest BCUT2D eigenvalue weighted by atomic mass is 9.90. The number of para-hydroxylation sites is 1. The van der Waals surface area contributed by atoms with Gasteiger partial charge in [0, 0.05) is 24.6 Å². The van der Waals surface area contributed by atoms with Crippen LogP contribution < -0.4 is 4.74 Å². The second-order valence-corrected chi connectivity index (χ2v) is 7.54. The first-order valence-electron chi connectivity index (χ1n) is 9.18. The maximum atomic E-state index is 12.7. The van der Waals surface area contributed by atoms with Gasteiger partial charge < -0.3 is 14.7 Å². The maximum Gasteiger partial charge on any atom is 0.227 e. The van der Waals surface area contributed by atoms with Gasteiger partial charge in [0.25, 0.3) is 0 Å². The summed E-state index contributed by atoms with van der Waals surface area (Å²) in [4.78, 5) is 14.6. The van der Waals surface area contributed by atoms with Crippen LogP contribution in [0.3, 0.4) is 0 Å². The van der Waals surface area contributed by atoms with Crippen LogP contribution in [0.15, 0.2) is 54.6 Å². The Kier molecular flexibility index (Phi) is 5.62. The smallest absolute Gasteiger partial charge is 0.227 e. The number of hydrogen-bond acceptors (Lipinski definition) is 3. The average molecular weight is 353 g/mol. The summed E-state index contributed by atoms with van der Waals surface area (Å²) < 4.78 is 5.95. The molecule has 1 saturated heterocycles. The van der Waals surface area contributed by atoms with E-state index < -0.39 is 5.60 Å². The second-order valence-electron chi connectivity index (χ2n) is 7.54. The molecular formula is C22H27NO3. The highest BCUT2D eigenvalue weighted by atomic mass is 16.5. The Morgan fingerprint density at radius 3 is 2.54 bits per heavy atom. The molecule has 0 bridgehead atoms. The molecule has 1 fully saturated rings. The molecule has 3 rings (SSSR count). The predicted octanol–water partition coefficient (Wildman–Crippen LogP) is 3.43. The highest BCUT2D eigenvalue weighted by Crippen LogP contribution is 2.28. The quantitative estimate of drug-likeness (QED) is 0.866. The number of hydrogen-bond donors (Lipinski definition) is 1. The molecule has 4 heteroatoms. The van der Waals surface area contributed by atoms with Crippen LogP contribution in [0.2, 0.25) is 0 Å². The van der Waals surface area contributed by atoms with E-state index in [0.717, 1.165) is 23.3 Å². The van der Waals surface area contributed by atoms with Crippen LogP contribution in [0.5, 0.6) is 5.75 Å². The topological polar surface area (TPSA) is 49.8 Å². The van der Waals surface area contributed by atoms with Crippen molar-refractivity contribution in [2.75, 3.05) is 13.1 Å². The van der Waals surface area contributed by atoms with E-state index in [0.29, 0.717) is 26.1 Å². The van der Waals surface area contributed by atoms with E-state index in [1.54, 1.807) is 0 Å². The molecule has 0 unspecified atom stereocenters. The minimum atomic E-state index is -0.744. The summed E-state index contributed by atoms with van der Waals surface area (Å²) >= 11 is 0. The van der Waals surface area contributed by atoms with Gasteiger partial charge in [-0.1, -0.05) is 48.5 Å². The number of aliphatic hydroxyl groups is 1. The van der Waals surface area contributed by atoms with Crippen molar-refractivity contribution in [1.29, 1.82) is 0 Å². The largest absolute Gasteiger partial charge is 0.489 e. The second kappa shape index (κ2) is 7.92. The van der Waals surface area contributed by atoms with Gasteiger partial charge in [-0.2, -0.15) is 0 Å². The number of nitrogens with zero attached hydrogens (tertiary/aromatic N) is 1. The molecule has 0 aromatic heterocycles. The fraction of sp³-hybridized carbons (Fsp3) is 0.409. The number of likely N-dealkylation sites (tertiary alicyclic amines) is 1. The summed E-state index contributed by atoms with van der Waals surface area (Å²) in [5.74, 6) is 0.978. The van der Waals surface area contributed by atoms with Crippen LogP contribution in [0, 0.1) is 5.92 Å². The van der Waals surface area contributed by atoms with Crippen molar-refractivity contribution in [2.24, 2.45) is 5.92 Å². The highest BCUT2D eigenvalue weighted by molar-refractivity contribution is 5.79. The van der Waals surface area contributed by atoms with Gasteiger partial charge in [-0.05, 0) is 31.9 Å². The minimum absolute atomic E-state index is 0.0903. The third-order valence-corrected chi connectivity index (χ3v) is 5.09. The van der Waals surface area contributed by atoms with E-state index in [1.165, 1.54) is 0 Å². The van der Waals surface area contributed by atoms with Crippen LogP contribution in [0.1, 0.15) is 31.4 Å². The number of ether oxygens (including phenoxy) is 1. The third-order valence-electron chi connectivity index (χ3n) is 5.09. The monoisotopic (exact) mass is 353 g/mol. The lowest BCUT2D eigenvalue weighted by Gasteiger charge is -2.25. The summed E-state index contributed by atoms with van der Waals surface area (Å²) in [6, 6.07) is 17.7. The SMILES string of the molecule is CC(C)(O)[C@@H]1CCN(C(=O)Cc2ccccc2OCc2ccccc2)C1. The highest BCUT2D eigenvalue weighted by Gasteiger charge is 2.35. The maximum absolute atomic E-state index is 12.7. The molecule has 1 atom stereocenters. The van der Waals surface area contributed by atoms with Gasteiger partial charge in [0.05, 0.1) is 12.0 Å². The lowest BCUT2D eigenvalue weighted by molar-refractivity contribution is -0.129. The van der Waals surface area contributed by atoms with E-state index in [1.807, 2.05) is 73.3 Å². The van der Waals surface area contributed by atoms with E-state index >= 15 is 0 Å². The number of carbonyl (C=O) groups excluding carboxylic acids is 1. The van der Waals surface area contributed by atoms with Crippen LogP contribution in [-0.4, -0.2) is 34.6 Å². The van der Waals surface area contributed by atoms with E-state index in [2.05, 4.69) is 0 Å². The molecule has 2 aromatic carbocycles. The molecule has 1 aliphatic heterocycles. The standard InChI is InChI=1S/C22H27NO3/c1-22(2,25)19-12-13-23(15-19)21(24)14-18-10-6-7-11-20(18)26-16-17-8-4-3-5-9-17/h3-11,19,25H,12-16H2,1-2H3/t19-/m1/s1. The van der Waals surface area contributed by atoms with Gasteiger partial charge in [-0.15, -0.1) is 0 Å². The Labute approximate surface area is 155 Å². The Bertz CT molecular complexity index is 737. The summed E-state index contributed by atoms with van der Waals surface area (Å²) in [7, 11) is 0. The molecule has 1 amide bonds. The zero-order valence-corrected chi connectivity index (χ0v) is 15.5. The van der Waals surface area contributed by atoms with Crippen molar-refractivity contribution < 1.29 is 14.6 Å². The fourth-order valence-corrected chi connectivity index (χ4v) is 3.36. The molecular weight excluding hydrogens is 326 g/mol. The summed E-state index contributed by atoms with van der Waals surface area (Å²) in [5.41, 5.74) is 1.26. The number of rotatable bonds is 6. The molecule has 0 radical (unpaired) electrons. The lowest BCUT2D eigenvalue weighted by Crippen LogP contribution is -2.36. The Morgan fingerprint density at radius 2 is 1.85 bits per heavy atom. The van der Waals surface area contributed by atoms with E-state index in [9.17, 15) is 9.90 Å². The van der Waals surface area contributed by atoms with E-state index in [-0.39, 0.29) is 11.8 Å². The Balaban J connectivity index is 1.62. The third kappa shape index (κ3) is 4.64. The summed E-state index contributed by atoms with van der Waals surface area (Å²) in [6.45, 7) is 5.45. The number of amides is 1. The van der Waals surface area contributed by atoms with Gasteiger partial charge in [0.2, 0.25) is 5.91 Å². The van der Waals surface area contributed by atoms with Crippen LogP contribution in [-0.2, 0) is 17.8 Å². The van der Waals surface area contributed by atoms with Crippen molar-refractivity contribution in [3.05, 3.63) is 65.7 Å². The van der Waals surface area contributed by atoms with E-state index in [4.69, 9.17) is 4.74 Å². The van der Waals surface area contributed by atoms with Crippen LogP contribution in [0.25, 0.3) is 0 Å². The zero-order chi connectivity index (χ0) is 18.6. The number of benzene rings is 2. The van der Waals surface area contributed by atoms with Crippen molar-refractivity contribution in [3.8, 4) is 5.75 Å². The first-order valence-corrected chi connectivity index (χ1v) is 9.18. The van der Waals surface area contributed by atoms with Gasteiger partial charge in [-0.25, -0.2) is 0 Å². The zero-order valence-electron chi connectivity index (χ0n) is 15.5. The molecule has 1 aliphatic rings. The fourth-order valence-electron chi connectivity index (χ4n) is 3.36. The van der Waals surface area contributed by atoms with Crippen LogP contribution in [0.4, 0.5) is 0 Å². The van der Waals surface area contributed by atoms with Gasteiger partial charge in [0.1, 0.15) is 12.4 Å². The molecule has 4 nitrogen and oxygen atoms in total. The van der Waals surface area contributed by atoms with Crippen molar-refractivity contribution in [3.63, 3.8) is 0 Å². The Morgan fingerprint density at radius 1 is 1.15 bits per heavy atom. The summed E-state index contributed by atoms with van der Waals surface area (Å²) in [6.07, 6.45) is 1.17. The molecule has 0 spiro atoms. The molecule has 2 aromatic rings. The molecule has 138 valence electrons. The van der Waals surface area contributed by atoms with Gasteiger partial charge >= 0.3 is 0 Å². The first-order chi connectivity index (χ1) is 12.4. The van der Waals surface area contributed by atoms with Gasteiger partial charge in [-0.3, -0.25) is 4.79 Å². The molecule has 1 heterocycles. The molecule has 1 N–H and O–H groups in total. The van der Waals surface area contributed by atoms with Gasteiger partial charge in [0.15, 0.2) is 0 Å². The molecule has 0 aliphatic carbocycles. The minimum Gasteiger partial charge on any atom is -0.489 e. The Hall–Kier alpha value is -2.33. The molecule has 0 saturated carbocycles. The number of carbonyl (C=O) groups is 1. The normalized spacial score (nSPS) is 17.3. The molecule has 26 heavy (non-hydrogen) atoms. The van der Waals surface area contributed by atoms with Crippen molar-refractivity contribution in [1.82, 2.24) is 4.90 Å². The first kappa shape index (κ1) is 18.5. The van der Waals surface area contributed by atoms with Crippen molar-refractivity contribution >= 4 is 5.91 Å². The van der Waals surface area contributed by atoms with Crippen LogP contribution >= 0.6 is 0 Å². The summed E-state index contributed by atoms with van der Waals surface area (Å²) in [5, 5.41) is 10.2. The van der Waals surface area contributed by atoms with Crippen molar-refractivity contribution in [2.45, 2.75) is 38.9 Å². The average Bonchev–Trinajstić information content (AvgIpc) is 3.12.